The van der Waals surface area contributed by atoms with Gasteiger partial charge in [-0.15, -0.1) is 0 Å². The molecule has 1 N–H and O–H groups in total. The van der Waals surface area contributed by atoms with Crippen LogP contribution in [-0.4, -0.2) is 18.0 Å². The number of ether oxygens (including phenoxy) is 1. The first-order valence-corrected chi connectivity index (χ1v) is 7.99. The predicted molar refractivity (Wildman–Crippen MR) is 93.0 cm³/mol. The minimum absolute atomic E-state index is 0.206. The highest BCUT2D eigenvalue weighted by Crippen LogP contribution is 2.36. The summed E-state index contributed by atoms with van der Waals surface area (Å²) in [6, 6.07) is 10.6. The first-order valence-electron chi connectivity index (χ1n) is 7.99. The smallest absolute Gasteiger partial charge is 0.228 e. The molecule has 0 spiro atoms. The number of hydrogen-bond acceptors (Lipinski definition) is 4. The zero-order chi connectivity index (χ0) is 17.3. The molecule has 0 atom stereocenters. The van der Waals surface area contributed by atoms with Crippen molar-refractivity contribution < 1.29 is 19.1 Å². The summed E-state index contributed by atoms with van der Waals surface area (Å²) in [6.45, 7) is 3.86. The number of fused-ring (bicyclic) bond motifs is 1. The van der Waals surface area contributed by atoms with Crippen LogP contribution in [0.1, 0.15) is 40.6 Å². The lowest BCUT2D eigenvalue weighted by molar-refractivity contribution is 0.101. The van der Waals surface area contributed by atoms with Crippen LogP contribution < -0.4 is 4.74 Å². The third-order valence-corrected chi connectivity index (χ3v) is 4.23. The number of rotatable bonds is 5. The lowest BCUT2D eigenvalue weighted by Crippen LogP contribution is -2.01. The Balaban J connectivity index is 2.07. The summed E-state index contributed by atoms with van der Waals surface area (Å²) < 4.78 is 10.9. The van der Waals surface area contributed by atoms with Crippen molar-refractivity contribution in [2.24, 2.45) is 0 Å². The minimum Gasteiger partial charge on any atom is -0.507 e. The van der Waals surface area contributed by atoms with Crippen molar-refractivity contribution in [1.82, 2.24) is 0 Å². The first-order chi connectivity index (χ1) is 11.6. The SMILES string of the molecule is CCCc1ccc2oc(C(=O)c3ccc(OC)cc3)c(C)c2c1O. The number of carbonyl (C=O) groups is 1. The second-order valence-electron chi connectivity index (χ2n) is 5.81. The number of carbonyl (C=O) groups excluding carboxylic acids is 1. The summed E-state index contributed by atoms with van der Waals surface area (Å²) in [5.74, 6) is 0.959. The van der Waals surface area contributed by atoms with Gasteiger partial charge in [-0.3, -0.25) is 4.79 Å². The van der Waals surface area contributed by atoms with Crippen molar-refractivity contribution in [3.05, 3.63) is 58.8 Å². The third kappa shape index (κ3) is 2.64. The maximum atomic E-state index is 12.7. The Labute approximate surface area is 140 Å². The van der Waals surface area contributed by atoms with Gasteiger partial charge in [0.2, 0.25) is 5.78 Å². The lowest BCUT2D eigenvalue weighted by Gasteiger charge is -2.04. The molecule has 0 radical (unpaired) electrons. The van der Waals surface area contributed by atoms with Crippen LogP contribution in [0.4, 0.5) is 0 Å². The van der Waals surface area contributed by atoms with Gasteiger partial charge in [0.05, 0.1) is 12.5 Å². The van der Waals surface area contributed by atoms with E-state index in [2.05, 4.69) is 6.92 Å². The number of furan rings is 1. The molecule has 0 saturated carbocycles. The van der Waals surface area contributed by atoms with Gasteiger partial charge in [0.15, 0.2) is 5.76 Å². The molecule has 0 unspecified atom stereocenters. The van der Waals surface area contributed by atoms with Gasteiger partial charge in [0.1, 0.15) is 17.1 Å². The summed E-state index contributed by atoms with van der Waals surface area (Å²) in [7, 11) is 1.58. The van der Waals surface area contributed by atoms with Crippen LogP contribution in [-0.2, 0) is 6.42 Å². The highest BCUT2D eigenvalue weighted by molar-refractivity contribution is 6.11. The van der Waals surface area contributed by atoms with E-state index in [0.717, 1.165) is 18.4 Å². The van der Waals surface area contributed by atoms with E-state index in [1.165, 1.54) is 0 Å². The third-order valence-electron chi connectivity index (χ3n) is 4.23. The molecule has 1 aromatic heterocycles. The molecule has 0 fully saturated rings. The van der Waals surface area contributed by atoms with E-state index in [4.69, 9.17) is 9.15 Å². The van der Waals surface area contributed by atoms with Crippen LogP contribution >= 0.6 is 0 Å². The molecular formula is C20H20O4. The van der Waals surface area contributed by atoms with Crippen LogP contribution in [0.5, 0.6) is 11.5 Å². The number of benzene rings is 2. The molecule has 124 valence electrons. The second-order valence-corrected chi connectivity index (χ2v) is 5.81. The average Bonchev–Trinajstić information content (AvgIpc) is 2.94. The number of aromatic hydroxyl groups is 1. The molecule has 0 aliphatic heterocycles. The van der Waals surface area contributed by atoms with E-state index >= 15 is 0 Å². The van der Waals surface area contributed by atoms with Crippen molar-refractivity contribution >= 4 is 16.8 Å². The van der Waals surface area contributed by atoms with E-state index in [-0.39, 0.29) is 17.3 Å². The number of methoxy groups -OCH3 is 1. The molecular weight excluding hydrogens is 304 g/mol. The van der Waals surface area contributed by atoms with E-state index in [0.29, 0.717) is 27.8 Å². The summed E-state index contributed by atoms with van der Waals surface area (Å²) in [6.07, 6.45) is 1.72. The quantitative estimate of drug-likeness (QED) is 0.695. The Hall–Kier alpha value is -2.75. The first kappa shape index (κ1) is 16.1. The summed E-state index contributed by atoms with van der Waals surface area (Å²) >= 11 is 0. The molecule has 0 aliphatic carbocycles. The number of phenols is 1. The molecule has 3 rings (SSSR count). The largest absolute Gasteiger partial charge is 0.507 e. The number of aryl methyl sites for hydroxylation is 2. The molecule has 24 heavy (non-hydrogen) atoms. The van der Waals surface area contributed by atoms with Gasteiger partial charge in [-0.05, 0) is 49.2 Å². The fourth-order valence-corrected chi connectivity index (χ4v) is 2.92. The van der Waals surface area contributed by atoms with Gasteiger partial charge in [-0.1, -0.05) is 19.4 Å². The number of hydrogen-bond donors (Lipinski definition) is 1. The van der Waals surface area contributed by atoms with Gasteiger partial charge in [0, 0.05) is 11.1 Å². The number of phenolic OH excluding ortho intramolecular Hbond substituents is 1. The highest BCUT2D eigenvalue weighted by atomic mass is 16.5. The van der Waals surface area contributed by atoms with Crippen molar-refractivity contribution in [3.63, 3.8) is 0 Å². The number of ketones is 1. The van der Waals surface area contributed by atoms with Gasteiger partial charge in [-0.2, -0.15) is 0 Å². The average molecular weight is 324 g/mol. The Bertz CT molecular complexity index is 888. The molecule has 0 aliphatic rings. The Morgan fingerprint density at radius 3 is 2.50 bits per heavy atom. The van der Waals surface area contributed by atoms with Crippen molar-refractivity contribution in [3.8, 4) is 11.5 Å². The summed E-state index contributed by atoms with van der Waals surface area (Å²) in [5, 5.41) is 11.1. The second kappa shape index (κ2) is 6.40. The van der Waals surface area contributed by atoms with E-state index < -0.39 is 0 Å². The zero-order valence-corrected chi connectivity index (χ0v) is 14.1. The van der Waals surface area contributed by atoms with Crippen LogP contribution in [0.25, 0.3) is 11.0 Å². The van der Waals surface area contributed by atoms with Crippen LogP contribution in [0.15, 0.2) is 40.8 Å². The fraction of sp³-hybridized carbons (Fsp3) is 0.250. The summed E-state index contributed by atoms with van der Waals surface area (Å²) in [5.41, 5.74) is 2.59. The molecule has 3 aromatic rings. The molecule has 0 bridgehead atoms. The van der Waals surface area contributed by atoms with E-state index in [9.17, 15) is 9.90 Å². The molecule has 0 amide bonds. The van der Waals surface area contributed by atoms with Gasteiger partial charge in [0.25, 0.3) is 0 Å². The topological polar surface area (TPSA) is 59.7 Å². The molecule has 2 aromatic carbocycles. The molecule has 4 nitrogen and oxygen atoms in total. The van der Waals surface area contributed by atoms with Crippen LogP contribution in [0.3, 0.4) is 0 Å². The van der Waals surface area contributed by atoms with Gasteiger partial charge in [-0.25, -0.2) is 0 Å². The van der Waals surface area contributed by atoms with E-state index in [1.807, 2.05) is 12.1 Å². The molecule has 4 heteroatoms. The van der Waals surface area contributed by atoms with Crippen LogP contribution in [0.2, 0.25) is 0 Å². The lowest BCUT2D eigenvalue weighted by atomic mass is 10.0. The normalized spacial score (nSPS) is 11.0. The van der Waals surface area contributed by atoms with Gasteiger partial charge < -0.3 is 14.3 Å². The van der Waals surface area contributed by atoms with Crippen molar-refractivity contribution in [2.45, 2.75) is 26.7 Å². The van der Waals surface area contributed by atoms with Gasteiger partial charge >= 0.3 is 0 Å². The maximum absolute atomic E-state index is 12.7. The Morgan fingerprint density at radius 2 is 1.88 bits per heavy atom. The fourth-order valence-electron chi connectivity index (χ4n) is 2.92. The van der Waals surface area contributed by atoms with E-state index in [1.54, 1.807) is 38.3 Å². The summed E-state index contributed by atoms with van der Waals surface area (Å²) in [4.78, 5) is 12.7. The van der Waals surface area contributed by atoms with Crippen LogP contribution in [0, 0.1) is 6.92 Å². The molecule has 1 heterocycles. The van der Waals surface area contributed by atoms with Crippen molar-refractivity contribution in [2.75, 3.05) is 7.11 Å². The minimum atomic E-state index is -0.206. The molecule has 0 saturated heterocycles. The Kier molecular flexibility index (Phi) is 4.30. The predicted octanol–water partition coefficient (Wildman–Crippen LogP) is 4.64. The van der Waals surface area contributed by atoms with Crippen molar-refractivity contribution in [1.29, 1.82) is 0 Å². The maximum Gasteiger partial charge on any atom is 0.228 e. The standard InChI is InChI=1S/C20H20O4/c1-4-5-13-8-11-16-17(18(13)21)12(2)20(24-16)19(22)14-6-9-15(23-3)10-7-14/h6-11,21H,4-5H2,1-3H3. The monoisotopic (exact) mass is 324 g/mol. The highest BCUT2D eigenvalue weighted by Gasteiger charge is 2.22. The Morgan fingerprint density at radius 1 is 1.17 bits per heavy atom. The zero-order valence-electron chi connectivity index (χ0n) is 14.1.